The second kappa shape index (κ2) is 30.1. The van der Waals surface area contributed by atoms with Crippen molar-refractivity contribution >= 4 is 83.5 Å². The Labute approximate surface area is 428 Å². The van der Waals surface area contributed by atoms with Gasteiger partial charge in [-0.15, -0.1) is 0 Å². The molecule has 0 aromatic heterocycles. The molecule has 0 saturated carbocycles. The Morgan fingerprint density at radius 2 is 1.23 bits per heavy atom. The normalized spacial score (nSPS) is 16.8. The minimum Gasteiger partial charge on any atom is -0.508 e. The summed E-state index contributed by atoms with van der Waals surface area (Å²) in [6, 6.07) is -6.01. The van der Waals surface area contributed by atoms with Gasteiger partial charge in [0.25, 0.3) is 0 Å². The minimum atomic E-state index is -1.71. The summed E-state index contributed by atoms with van der Waals surface area (Å²) >= 11 is 4.18. The van der Waals surface area contributed by atoms with Crippen molar-refractivity contribution < 1.29 is 62.6 Å². The van der Waals surface area contributed by atoms with Crippen molar-refractivity contribution in [2.45, 2.75) is 147 Å². The molecule has 73 heavy (non-hydrogen) atoms. The van der Waals surface area contributed by atoms with Crippen molar-refractivity contribution in [3.05, 3.63) is 29.8 Å². The van der Waals surface area contributed by atoms with E-state index in [1.54, 1.807) is 13.8 Å². The van der Waals surface area contributed by atoms with Gasteiger partial charge in [0, 0.05) is 25.1 Å². The number of nitrogens with one attached hydrogen (secondary N) is 8. The van der Waals surface area contributed by atoms with Crippen molar-refractivity contribution in [1.82, 2.24) is 47.4 Å². The molecule has 0 unspecified atom stereocenters. The van der Waals surface area contributed by atoms with Crippen LogP contribution in [0, 0.1) is 11.8 Å². The third-order valence-electron chi connectivity index (χ3n) is 11.7. The Morgan fingerprint density at radius 1 is 0.671 bits per heavy atom. The first kappa shape index (κ1) is 62.1. The quantitative estimate of drug-likeness (QED) is 0.0323. The van der Waals surface area contributed by atoms with Gasteiger partial charge >= 0.3 is 0 Å². The monoisotopic (exact) mass is 1050 g/mol. The molecule has 1 aliphatic rings. The lowest BCUT2D eigenvalue weighted by Gasteiger charge is -2.30. The Kier molecular flexibility index (Phi) is 25.6. The molecule has 406 valence electrons. The Morgan fingerprint density at radius 3 is 1.78 bits per heavy atom. The number of hydrogen-bond acceptors (Lipinski definition) is 15. The van der Waals surface area contributed by atoms with Gasteiger partial charge < -0.3 is 75.5 Å². The van der Waals surface area contributed by atoms with E-state index in [0.29, 0.717) is 18.4 Å². The molecule has 1 saturated heterocycles. The summed E-state index contributed by atoms with van der Waals surface area (Å²) in [5.41, 5.74) is 22.2. The van der Waals surface area contributed by atoms with Crippen LogP contribution in [0.3, 0.4) is 0 Å². The summed E-state index contributed by atoms with van der Waals surface area (Å²) in [6.07, 6.45) is -0.514. The van der Waals surface area contributed by atoms with E-state index < -0.39 is 156 Å². The van der Waals surface area contributed by atoms with Crippen LogP contribution in [0.2, 0.25) is 0 Å². The van der Waals surface area contributed by atoms with Gasteiger partial charge in [-0.05, 0) is 69.1 Å². The number of phenolic OH excluding ortho intramolecular Hbond substituents is 1. The zero-order valence-corrected chi connectivity index (χ0v) is 42.9. The van der Waals surface area contributed by atoms with Gasteiger partial charge in [0.15, 0.2) is 0 Å². The van der Waals surface area contributed by atoms with Crippen LogP contribution >= 0.6 is 12.6 Å². The number of aromatic hydroxyl groups is 1. The fraction of sp³-hybridized carbons (Fsp3) is 0.609. The van der Waals surface area contributed by atoms with E-state index in [9.17, 15) is 62.6 Å². The number of nitrogens with two attached hydrogens (primary N) is 4. The first-order valence-corrected chi connectivity index (χ1v) is 24.5. The van der Waals surface area contributed by atoms with Crippen LogP contribution < -0.4 is 65.5 Å². The third-order valence-corrected chi connectivity index (χ3v) is 12.1. The van der Waals surface area contributed by atoms with Gasteiger partial charge in [-0.25, -0.2) is 0 Å². The number of primary amides is 3. The van der Waals surface area contributed by atoms with Gasteiger partial charge in [-0.2, -0.15) is 12.6 Å². The molecule has 12 amide bonds. The largest absolute Gasteiger partial charge is 0.508 e. The first-order chi connectivity index (χ1) is 34.2. The summed E-state index contributed by atoms with van der Waals surface area (Å²) in [7, 11) is 0. The van der Waals surface area contributed by atoms with Crippen molar-refractivity contribution in [3.8, 4) is 5.75 Å². The molecule has 1 heterocycles. The lowest BCUT2D eigenvalue weighted by molar-refractivity contribution is -0.142. The van der Waals surface area contributed by atoms with Crippen LogP contribution in [0.5, 0.6) is 5.75 Å². The standard InChI is InChI=1S/C46H73N13O13S/c1-7-23(4)37(58-42(68)30(54-38(64)24(5)47)18-26-10-12-27(60)13-11-26)45(71)53-28(14-15-34(48)61)40(66)57-32(21-73)43(69)55-31(19-35(49)62)41(67)52-25(6)46(72)59-16-8-9-33(59)44(70)56-29(17-22(2)3)39(65)51-20-36(50)63/h10-13,22-25,28-33,37,60,73H,7-9,14-21,47H2,1-6H3,(H2,48,61)(H2,49,62)(H2,50,63)(H,51,65)(H,52,67)(H,53,71)(H,54,64)(H,55,69)(H,56,70)(H,57,66)(H,58,68)/t23-,24-,25-,28-,29-,30-,31-,32-,33-,37-/m0/s1. The maximum absolute atomic E-state index is 14.0. The molecule has 0 radical (unpaired) electrons. The summed E-state index contributed by atoms with van der Waals surface area (Å²) in [5.74, 6) is -11.3. The molecule has 0 aliphatic carbocycles. The second-order valence-corrected chi connectivity index (χ2v) is 18.8. The highest BCUT2D eigenvalue weighted by atomic mass is 32.1. The third kappa shape index (κ3) is 20.9. The highest BCUT2D eigenvalue weighted by molar-refractivity contribution is 7.80. The number of hydrogen-bond donors (Lipinski definition) is 14. The lowest BCUT2D eigenvalue weighted by atomic mass is 9.96. The molecule has 1 fully saturated rings. The average Bonchev–Trinajstić information content (AvgIpc) is 3.82. The van der Waals surface area contributed by atoms with Crippen molar-refractivity contribution in [1.29, 1.82) is 0 Å². The van der Waals surface area contributed by atoms with E-state index in [-0.39, 0.29) is 43.9 Å². The minimum absolute atomic E-state index is 0.0363. The van der Waals surface area contributed by atoms with Crippen molar-refractivity contribution in [2.24, 2.45) is 34.8 Å². The number of amides is 12. The van der Waals surface area contributed by atoms with E-state index in [4.69, 9.17) is 22.9 Å². The number of rotatable bonds is 30. The van der Waals surface area contributed by atoms with E-state index in [1.807, 2.05) is 13.8 Å². The van der Waals surface area contributed by atoms with Gasteiger partial charge in [0.05, 0.1) is 19.0 Å². The fourth-order valence-electron chi connectivity index (χ4n) is 7.50. The first-order valence-electron chi connectivity index (χ1n) is 23.9. The van der Waals surface area contributed by atoms with Crippen LogP contribution in [0.4, 0.5) is 0 Å². The van der Waals surface area contributed by atoms with Gasteiger partial charge in [0.1, 0.15) is 54.1 Å². The Balaban J connectivity index is 2.27. The molecule has 0 bridgehead atoms. The molecular weight excluding hydrogens is 975 g/mol. The zero-order chi connectivity index (χ0) is 55.3. The van der Waals surface area contributed by atoms with Crippen LogP contribution in [0.1, 0.15) is 92.1 Å². The summed E-state index contributed by atoms with van der Waals surface area (Å²) in [5, 5.41) is 29.6. The predicted molar refractivity (Wildman–Crippen MR) is 267 cm³/mol. The number of nitrogens with zero attached hydrogens (tertiary/aromatic N) is 1. The highest BCUT2D eigenvalue weighted by Gasteiger charge is 2.39. The molecule has 0 spiro atoms. The molecule has 10 atom stereocenters. The molecule has 2 rings (SSSR count). The molecular formula is C46H73N13O13S. The molecule has 27 heteroatoms. The highest BCUT2D eigenvalue weighted by Crippen LogP contribution is 2.20. The number of thiol groups is 1. The summed E-state index contributed by atoms with van der Waals surface area (Å²) < 4.78 is 0. The van der Waals surface area contributed by atoms with Gasteiger partial charge in [-0.1, -0.05) is 46.2 Å². The number of benzene rings is 1. The maximum Gasteiger partial charge on any atom is 0.245 e. The van der Waals surface area contributed by atoms with E-state index >= 15 is 0 Å². The van der Waals surface area contributed by atoms with E-state index in [2.05, 4.69) is 55.2 Å². The fourth-order valence-corrected chi connectivity index (χ4v) is 7.75. The van der Waals surface area contributed by atoms with E-state index in [0.717, 1.165) is 0 Å². The van der Waals surface area contributed by atoms with Crippen LogP contribution in [0.15, 0.2) is 24.3 Å². The number of likely N-dealkylation sites (tertiary alicyclic amines) is 1. The smallest absolute Gasteiger partial charge is 0.245 e. The maximum atomic E-state index is 14.0. The van der Waals surface area contributed by atoms with Gasteiger partial charge in [-0.3, -0.25) is 57.5 Å². The van der Waals surface area contributed by atoms with Crippen molar-refractivity contribution in [3.63, 3.8) is 0 Å². The number of carbonyl (C=O) groups is 12. The molecule has 26 nitrogen and oxygen atoms in total. The Bertz CT molecular complexity index is 2160. The number of carbonyl (C=O) groups excluding carboxylic acids is 12. The van der Waals surface area contributed by atoms with Crippen LogP contribution in [0.25, 0.3) is 0 Å². The van der Waals surface area contributed by atoms with Crippen LogP contribution in [-0.4, -0.2) is 154 Å². The summed E-state index contributed by atoms with van der Waals surface area (Å²) in [4.78, 5) is 158. The van der Waals surface area contributed by atoms with E-state index in [1.165, 1.54) is 43.0 Å². The SMILES string of the molecule is CC[C@H](C)[C@H](NC(=O)[C@H](Cc1ccc(O)cc1)NC(=O)[C@H](C)N)C(=O)N[C@@H](CCC(N)=O)C(=O)N[C@@H](CS)C(=O)N[C@@H](CC(N)=O)C(=O)N[C@@H](C)C(=O)N1CCC[C@H]1C(=O)N[C@@H](CC(C)C)C(=O)NCC(N)=O. The topological polar surface area (TPSA) is 429 Å². The summed E-state index contributed by atoms with van der Waals surface area (Å²) in [6.45, 7) is 9.37. The molecule has 1 aliphatic heterocycles. The predicted octanol–water partition coefficient (Wildman–Crippen LogP) is -4.55. The zero-order valence-electron chi connectivity index (χ0n) is 42.0. The second-order valence-electron chi connectivity index (χ2n) is 18.4. The van der Waals surface area contributed by atoms with Crippen LogP contribution in [-0.2, 0) is 64.0 Å². The average molecular weight is 1050 g/mol. The van der Waals surface area contributed by atoms with Crippen molar-refractivity contribution in [2.75, 3.05) is 18.8 Å². The molecule has 17 N–H and O–H groups in total. The molecule has 1 aromatic rings. The number of phenols is 1. The Hall–Kier alpha value is -7.03. The lowest BCUT2D eigenvalue weighted by Crippen LogP contribution is -2.61. The molecule has 1 aromatic carbocycles. The van der Waals surface area contributed by atoms with Gasteiger partial charge in [0.2, 0.25) is 70.9 Å².